The lowest BCUT2D eigenvalue weighted by molar-refractivity contribution is 0.0908. The Morgan fingerprint density at radius 2 is 1.67 bits per heavy atom. The van der Waals surface area contributed by atoms with Crippen molar-refractivity contribution >= 4 is 11.7 Å². The number of rotatable bonds is 7. The van der Waals surface area contributed by atoms with E-state index < -0.39 is 11.5 Å². The molecule has 1 aromatic heterocycles. The van der Waals surface area contributed by atoms with Crippen LogP contribution in [-0.4, -0.2) is 37.0 Å². The first kappa shape index (κ1) is 25.2. The van der Waals surface area contributed by atoms with Crippen LogP contribution in [0.4, 0.5) is 0 Å². The van der Waals surface area contributed by atoms with Crippen LogP contribution in [0, 0.1) is 12.3 Å². The van der Waals surface area contributed by atoms with Gasteiger partial charge in [-0.05, 0) is 61.1 Å². The number of nitrogens with one attached hydrogen (secondary N) is 1. The van der Waals surface area contributed by atoms with E-state index in [1.807, 2.05) is 63.2 Å². The van der Waals surface area contributed by atoms with Crippen molar-refractivity contribution < 1.29 is 19.1 Å². The molecule has 1 aliphatic carbocycles. The van der Waals surface area contributed by atoms with Crippen LogP contribution in [0.25, 0.3) is 5.69 Å². The second-order valence-corrected chi connectivity index (χ2v) is 10.0. The summed E-state index contributed by atoms with van der Waals surface area (Å²) >= 11 is 0. The van der Waals surface area contributed by atoms with Crippen molar-refractivity contribution in [2.75, 3.05) is 20.8 Å². The zero-order valence-electron chi connectivity index (χ0n) is 21.4. The normalized spacial score (nSPS) is 14.2. The van der Waals surface area contributed by atoms with E-state index in [0.29, 0.717) is 54.3 Å². The highest BCUT2D eigenvalue weighted by atomic mass is 16.5. The molecule has 1 N–H and O–H groups in total. The number of pyridine rings is 1. The zero-order chi connectivity index (χ0) is 26.0. The Bertz CT molecular complexity index is 1370. The average molecular weight is 489 g/mol. The largest absolute Gasteiger partial charge is 0.493 e. The standard InChI is InChI=1S/C29H32N2O5/c1-18-6-9-20(10-7-18)31-23-16-29(2,3)17-24(32)21(23)15-22(28(31)34)27(33)30-13-12-19-8-11-25(35-4)26(14-19)36-5/h6-11,14-15H,12-13,16-17H2,1-5H3,(H,30,33). The SMILES string of the molecule is COc1ccc(CCNC(=O)c2cc3c(n(-c4ccc(C)cc4)c2=O)CC(C)(C)CC3=O)cc1OC. The Balaban J connectivity index is 1.65. The molecule has 0 saturated heterocycles. The number of hydrogen-bond donors (Lipinski definition) is 1. The van der Waals surface area contributed by atoms with Crippen LogP contribution in [0.5, 0.6) is 11.5 Å². The van der Waals surface area contributed by atoms with Crippen molar-refractivity contribution in [2.24, 2.45) is 5.41 Å². The maximum atomic E-state index is 13.6. The van der Waals surface area contributed by atoms with Gasteiger partial charge in [0.05, 0.1) is 14.2 Å². The molecule has 4 rings (SSSR count). The third-order valence-electron chi connectivity index (χ3n) is 6.57. The molecular formula is C29H32N2O5. The highest BCUT2D eigenvalue weighted by molar-refractivity contribution is 6.02. The Kier molecular flexibility index (Phi) is 7.02. The average Bonchev–Trinajstić information content (AvgIpc) is 2.83. The Labute approximate surface area is 211 Å². The molecule has 2 aromatic carbocycles. The van der Waals surface area contributed by atoms with Crippen LogP contribution in [0.15, 0.2) is 53.3 Å². The molecule has 0 aliphatic heterocycles. The molecule has 0 unspecified atom stereocenters. The smallest absolute Gasteiger partial charge is 0.268 e. The summed E-state index contributed by atoms with van der Waals surface area (Å²) in [4.78, 5) is 39.9. The van der Waals surface area contributed by atoms with E-state index in [4.69, 9.17) is 9.47 Å². The first-order valence-corrected chi connectivity index (χ1v) is 12.0. The molecule has 36 heavy (non-hydrogen) atoms. The number of Topliss-reactive ketones (excluding diaryl/α,β-unsaturated/α-hetero) is 1. The van der Waals surface area contributed by atoms with Crippen LogP contribution in [0.1, 0.15) is 57.8 Å². The highest BCUT2D eigenvalue weighted by Gasteiger charge is 2.35. The van der Waals surface area contributed by atoms with Gasteiger partial charge >= 0.3 is 0 Å². The summed E-state index contributed by atoms with van der Waals surface area (Å²) in [5, 5.41) is 2.84. The Morgan fingerprint density at radius 3 is 2.33 bits per heavy atom. The fourth-order valence-corrected chi connectivity index (χ4v) is 4.70. The number of aryl methyl sites for hydroxylation is 1. The number of ether oxygens (including phenoxy) is 2. The minimum absolute atomic E-state index is 0.0327. The van der Waals surface area contributed by atoms with Crippen molar-refractivity contribution in [3.05, 3.63) is 86.8 Å². The Morgan fingerprint density at radius 1 is 0.972 bits per heavy atom. The number of ketones is 1. The molecule has 0 atom stereocenters. The third-order valence-corrected chi connectivity index (χ3v) is 6.57. The predicted molar refractivity (Wildman–Crippen MR) is 139 cm³/mol. The van der Waals surface area contributed by atoms with Gasteiger partial charge in [-0.3, -0.25) is 19.0 Å². The molecule has 0 spiro atoms. The molecule has 1 amide bonds. The van der Waals surface area contributed by atoms with Crippen molar-refractivity contribution in [2.45, 2.75) is 40.0 Å². The second-order valence-electron chi connectivity index (χ2n) is 10.0. The van der Waals surface area contributed by atoms with Crippen LogP contribution in [-0.2, 0) is 12.8 Å². The summed E-state index contributed by atoms with van der Waals surface area (Å²) in [7, 11) is 3.15. The van der Waals surface area contributed by atoms with Gasteiger partial charge < -0.3 is 14.8 Å². The number of benzene rings is 2. The molecular weight excluding hydrogens is 456 g/mol. The third kappa shape index (κ3) is 5.05. The summed E-state index contributed by atoms with van der Waals surface area (Å²) in [5.41, 5.74) is 3.03. The number of fused-ring (bicyclic) bond motifs is 1. The second kappa shape index (κ2) is 10.0. The topological polar surface area (TPSA) is 86.6 Å². The van der Waals surface area contributed by atoms with E-state index in [-0.39, 0.29) is 16.8 Å². The number of aromatic nitrogens is 1. The lowest BCUT2D eigenvalue weighted by Gasteiger charge is -2.32. The van der Waals surface area contributed by atoms with E-state index in [0.717, 1.165) is 11.1 Å². The fourth-order valence-electron chi connectivity index (χ4n) is 4.70. The molecule has 3 aromatic rings. The number of methoxy groups -OCH3 is 2. The molecule has 188 valence electrons. The van der Waals surface area contributed by atoms with Gasteiger partial charge in [0, 0.05) is 29.9 Å². The van der Waals surface area contributed by atoms with Gasteiger partial charge in [0.25, 0.3) is 11.5 Å². The first-order valence-electron chi connectivity index (χ1n) is 12.0. The van der Waals surface area contributed by atoms with Gasteiger partial charge in [0.15, 0.2) is 17.3 Å². The quantitative estimate of drug-likeness (QED) is 0.536. The Hall–Kier alpha value is -3.87. The van der Waals surface area contributed by atoms with E-state index in [1.165, 1.54) is 10.6 Å². The molecule has 0 saturated carbocycles. The van der Waals surface area contributed by atoms with Crippen LogP contribution in [0.3, 0.4) is 0 Å². The van der Waals surface area contributed by atoms with Gasteiger partial charge in [-0.2, -0.15) is 0 Å². The number of hydrogen-bond acceptors (Lipinski definition) is 5. The molecule has 1 aliphatic rings. The van der Waals surface area contributed by atoms with Crippen molar-refractivity contribution in [3.63, 3.8) is 0 Å². The summed E-state index contributed by atoms with van der Waals surface area (Å²) in [6.45, 7) is 6.33. The zero-order valence-corrected chi connectivity index (χ0v) is 21.4. The minimum atomic E-state index is -0.498. The van der Waals surface area contributed by atoms with Crippen molar-refractivity contribution in [3.8, 4) is 17.2 Å². The lowest BCUT2D eigenvalue weighted by atomic mass is 9.75. The highest BCUT2D eigenvalue weighted by Crippen LogP contribution is 2.35. The van der Waals surface area contributed by atoms with E-state index in [9.17, 15) is 14.4 Å². The summed E-state index contributed by atoms with van der Waals surface area (Å²) < 4.78 is 12.1. The lowest BCUT2D eigenvalue weighted by Crippen LogP contribution is -2.39. The first-order chi connectivity index (χ1) is 17.1. The molecule has 0 radical (unpaired) electrons. The van der Waals surface area contributed by atoms with Gasteiger partial charge in [-0.15, -0.1) is 0 Å². The maximum absolute atomic E-state index is 13.6. The summed E-state index contributed by atoms with van der Waals surface area (Å²) in [6, 6.07) is 14.6. The van der Waals surface area contributed by atoms with E-state index >= 15 is 0 Å². The van der Waals surface area contributed by atoms with Crippen LogP contribution >= 0.6 is 0 Å². The number of nitrogens with zero attached hydrogens (tertiary/aromatic N) is 1. The molecule has 7 heteroatoms. The number of amides is 1. The van der Waals surface area contributed by atoms with Crippen LogP contribution in [0.2, 0.25) is 0 Å². The van der Waals surface area contributed by atoms with Gasteiger partial charge in [0.1, 0.15) is 5.56 Å². The minimum Gasteiger partial charge on any atom is -0.493 e. The monoisotopic (exact) mass is 488 g/mol. The van der Waals surface area contributed by atoms with E-state index in [1.54, 1.807) is 14.2 Å². The maximum Gasteiger partial charge on any atom is 0.268 e. The fraction of sp³-hybridized carbons (Fsp3) is 0.345. The van der Waals surface area contributed by atoms with Gasteiger partial charge in [-0.25, -0.2) is 0 Å². The van der Waals surface area contributed by atoms with Crippen molar-refractivity contribution in [1.82, 2.24) is 9.88 Å². The predicted octanol–water partition coefficient (Wildman–Crippen LogP) is 4.29. The molecule has 1 heterocycles. The van der Waals surface area contributed by atoms with Gasteiger partial charge in [-0.1, -0.05) is 37.6 Å². The van der Waals surface area contributed by atoms with Gasteiger partial charge in [0.2, 0.25) is 0 Å². The summed E-state index contributed by atoms with van der Waals surface area (Å²) in [6.07, 6.45) is 1.47. The summed E-state index contributed by atoms with van der Waals surface area (Å²) in [5.74, 6) is 0.686. The molecule has 0 bridgehead atoms. The van der Waals surface area contributed by atoms with Crippen molar-refractivity contribution in [1.29, 1.82) is 0 Å². The molecule has 0 fully saturated rings. The number of carbonyl (C=O) groups is 2. The van der Waals surface area contributed by atoms with E-state index in [2.05, 4.69) is 5.32 Å². The molecule has 7 nitrogen and oxygen atoms in total. The number of carbonyl (C=O) groups excluding carboxylic acids is 2. The van der Waals surface area contributed by atoms with Crippen LogP contribution < -0.4 is 20.3 Å².